The third-order valence-corrected chi connectivity index (χ3v) is 6.62. The summed E-state index contributed by atoms with van der Waals surface area (Å²) >= 11 is 0. The van der Waals surface area contributed by atoms with E-state index < -0.39 is 10.0 Å². The van der Waals surface area contributed by atoms with E-state index in [2.05, 4.69) is 5.32 Å². The van der Waals surface area contributed by atoms with Crippen LogP contribution in [0.2, 0.25) is 0 Å². The van der Waals surface area contributed by atoms with Crippen molar-refractivity contribution in [3.05, 3.63) is 59.5 Å². The first-order valence-electron chi connectivity index (χ1n) is 9.45. The lowest BCUT2D eigenvalue weighted by atomic mass is 9.97. The standard InChI is InChI=1S/C21H22N2O5S/c24-21(22-18-6-7-19-20(14-18)28-15-27-19)17-8-11-23(12-9-17)29(25,26)13-10-16-4-2-1-3-5-16/h1-7,10,13-14,17H,8-9,11-12,15H2,(H,22,24)/b13-10+. The molecule has 2 heterocycles. The van der Waals surface area contributed by atoms with Gasteiger partial charge in [0.1, 0.15) is 0 Å². The molecule has 1 amide bonds. The highest BCUT2D eigenvalue weighted by molar-refractivity contribution is 7.92. The van der Waals surface area contributed by atoms with Gasteiger partial charge in [0.15, 0.2) is 11.5 Å². The molecular formula is C21H22N2O5S. The molecular weight excluding hydrogens is 392 g/mol. The minimum atomic E-state index is -3.51. The van der Waals surface area contributed by atoms with Gasteiger partial charge in [-0.05, 0) is 36.6 Å². The van der Waals surface area contributed by atoms with Crippen LogP contribution in [0.15, 0.2) is 53.9 Å². The van der Waals surface area contributed by atoms with Crippen LogP contribution in [0, 0.1) is 5.92 Å². The van der Waals surface area contributed by atoms with Crippen molar-refractivity contribution in [2.75, 3.05) is 25.2 Å². The maximum absolute atomic E-state index is 12.6. The smallest absolute Gasteiger partial charge is 0.236 e. The van der Waals surface area contributed by atoms with Gasteiger partial charge in [-0.3, -0.25) is 4.79 Å². The van der Waals surface area contributed by atoms with Crippen LogP contribution in [0.1, 0.15) is 18.4 Å². The van der Waals surface area contributed by atoms with Crippen LogP contribution >= 0.6 is 0 Å². The van der Waals surface area contributed by atoms with Gasteiger partial charge in [-0.1, -0.05) is 30.3 Å². The van der Waals surface area contributed by atoms with Crippen molar-refractivity contribution in [1.82, 2.24) is 4.31 Å². The Morgan fingerprint density at radius 2 is 1.76 bits per heavy atom. The number of hydrogen-bond donors (Lipinski definition) is 1. The third kappa shape index (κ3) is 4.60. The normalized spacial score (nSPS) is 17.5. The van der Waals surface area contributed by atoms with Crippen molar-refractivity contribution in [3.63, 3.8) is 0 Å². The Morgan fingerprint density at radius 3 is 2.52 bits per heavy atom. The van der Waals surface area contributed by atoms with Crippen LogP contribution < -0.4 is 14.8 Å². The van der Waals surface area contributed by atoms with Crippen molar-refractivity contribution in [3.8, 4) is 11.5 Å². The van der Waals surface area contributed by atoms with Gasteiger partial charge in [0.2, 0.25) is 22.7 Å². The summed E-state index contributed by atoms with van der Waals surface area (Å²) in [6.07, 6.45) is 2.55. The summed E-state index contributed by atoms with van der Waals surface area (Å²) in [4.78, 5) is 12.6. The number of sulfonamides is 1. The first-order valence-corrected chi connectivity index (χ1v) is 11.0. The lowest BCUT2D eigenvalue weighted by molar-refractivity contribution is -0.120. The SMILES string of the molecule is O=C(Nc1ccc2c(c1)OCO2)C1CCN(S(=O)(=O)/C=C/c2ccccc2)CC1. The molecule has 1 fully saturated rings. The lowest BCUT2D eigenvalue weighted by Crippen LogP contribution is -2.40. The van der Waals surface area contributed by atoms with Crippen molar-refractivity contribution < 1.29 is 22.7 Å². The molecule has 2 aliphatic heterocycles. The van der Waals surface area contributed by atoms with E-state index in [1.807, 2.05) is 30.3 Å². The number of fused-ring (bicyclic) bond motifs is 1. The topological polar surface area (TPSA) is 84.9 Å². The van der Waals surface area contributed by atoms with Crippen molar-refractivity contribution in [2.24, 2.45) is 5.92 Å². The molecule has 2 aromatic carbocycles. The fourth-order valence-electron chi connectivity index (χ4n) is 3.41. The third-order valence-electron chi connectivity index (χ3n) is 5.06. The Kier molecular flexibility index (Phi) is 5.55. The number of piperidine rings is 1. The molecule has 0 bridgehead atoms. The molecule has 2 aromatic rings. The molecule has 152 valence electrons. The number of carbonyl (C=O) groups excluding carboxylic acids is 1. The van der Waals surface area contributed by atoms with Crippen LogP contribution in [0.25, 0.3) is 6.08 Å². The van der Waals surface area contributed by atoms with E-state index in [1.165, 1.54) is 9.71 Å². The zero-order valence-corrected chi connectivity index (χ0v) is 16.6. The monoisotopic (exact) mass is 414 g/mol. The fourth-order valence-corrected chi connectivity index (χ4v) is 4.63. The Morgan fingerprint density at radius 1 is 1.03 bits per heavy atom. The van der Waals surface area contributed by atoms with E-state index in [-0.39, 0.29) is 18.6 Å². The maximum Gasteiger partial charge on any atom is 0.236 e. The highest BCUT2D eigenvalue weighted by Crippen LogP contribution is 2.34. The summed E-state index contributed by atoms with van der Waals surface area (Å²) in [5.41, 5.74) is 1.47. The van der Waals surface area contributed by atoms with E-state index in [0.717, 1.165) is 5.56 Å². The maximum atomic E-state index is 12.6. The van der Waals surface area contributed by atoms with Crippen molar-refractivity contribution in [1.29, 1.82) is 0 Å². The first kappa shape index (κ1) is 19.5. The second kappa shape index (κ2) is 8.26. The van der Waals surface area contributed by atoms with Gasteiger partial charge >= 0.3 is 0 Å². The zero-order valence-electron chi connectivity index (χ0n) is 15.8. The lowest BCUT2D eigenvalue weighted by Gasteiger charge is -2.29. The number of amides is 1. The number of carbonyl (C=O) groups is 1. The number of nitrogens with zero attached hydrogens (tertiary/aromatic N) is 1. The van der Waals surface area contributed by atoms with E-state index in [4.69, 9.17) is 9.47 Å². The summed E-state index contributed by atoms with van der Waals surface area (Å²) in [5, 5.41) is 4.12. The van der Waals surface area contributed by atoms with Crippen molar-refractivity contribution >= 4 is 27.7 Å². The van der Waals surface area contributed by atoms with Gasteiger partial charge < -0.3 is 14.8 Å². The molecule has 1 saturated heterocycles. The number of anilines is 1. The van der Waals surface area contributed by atoms with Gasteiger partial charge in [-0.2, -0.15) is 4.31 Å². The Balaban J connectivity index is 1.32. The largest absolute Gasteiger partial charge is 0.454 e. The molecule has 0 aromatic heterocycles. The molecule has 4 rings (SSSR count). The van der Waals surface area contributed by atoms with Crippen molar-refractivity contribution in [2.45, 2.75) is 12.8 Å². The molecule has 8 heteroatoms. The van der Waals surface area contributed by atoms with Gasteiger partial charge in [-0.15, -0.1) is 0 Å². The number of ether oxygens (including phenoxy) is 2. The molecule has 0 spiro atoms. The highest BCUT2D eigenvalue weighted by Gasteiger charge is 2.30. The molecule has 0 unspecified atom stereocenters. The minimum Gasteiger partial charge on any atom is -0.454 e. The summed E-state index contributed by atoms with van der Waals surface area (Å²) in [6, 6.07) is 14.5. The molecule has 0 radical (unpaired) electrons. The minimum absolute atomic E-state index is 0.110. The number of rotatable bonds is 5. The van der Waals surface area contributed by atoms with E-state index in [1.54, 1.807) is 24.3 Å². The number of benzene rings is 2. The molecule has 0 atom stereocenters. The van der Waals surface area contributed by atoms with E-state index >= 15 is 0 Å². The van der Waals surface area contributed by atoms with Gasteiger partial charge in [0.05, 0.1) is 0 Å². The predicted molar refractivity (Wildman–Crippen MR) is 110 cm³/mol. The van der Waals surface area contributed by atoms with E-state index in [0.29, 0.717) is 43.1 Å². The number of hydrogen-bond acceptors (Lipinski definition) is 5. The molecule has 0 saturated carbocycles. The Bertz CT molecular complexity index is 1010. The molecule has 29 heavy (non-hydrogen) atoms. The van der Waals surface area contributed by atoms with Crippen LogP contribution in [0.3, 0.4) is 0 Å². The predicted octanol–water partition coefficient (Wildman–Crippen LogP) is 3.07. The zero-order chi connectivity index (χ0) is 20.3. The summed E-state index contributed by atoms with van der Waals surface area (Å²) in [7, 11) is -3.51. The Hall–Kier alpha value is -2.84. The van der Waals surface area contributed by atoms with Gasteiger partial charge in [0, 0.05) is 36.2 Å². The number of nitrogens with one attached hydrogen (secondary N) is 1. The van der Waals surface area contributed by atoms with Crippen LogP contribution in [-0.4, -0.2) is 38.5 Å². The van der Waals surface area contributed by atoms with Crippen LogP contribution in [-0.2, 0) is 14.8 Å². The Labute approximate surface area is 170 Å². The highest BCUT2D eigenvalue weighted by atomic mass is 32.2. The summed E-state index contributed by atoms with van der Waals surface area (Å²) in [6.45, 7) is 0.819. The van der Waals surface area contributed by atoms with Gasteiger partial charge in [0.25, 0.3) is 0 Å². The quantitative estimate of drug-likeness (QED) is 0.813. The van der Waals surface area contributed by atoms with Crippen LogP contribution in [0.4, 0.5) is 5.69 Å². The van der Waals surface area contributed by atoms with E-state index in [9.17, 15) is 13.2 Å². The second-order valence-corrected chi connectivity index (χ2v) is 8.81. The summed E-state index contributed by atoms with van der Waals surface area (Å²) < 4.78 is 37.1. The van der Waals surface area contributed by atoms with Crippen LogP contribution in [0.5, 0.6) is 11.5 Å². The molecule has 7 nitrogen and oxygen atoms in total. The van der Waals surface area contributed by atoms with Gasteiger partial charge in [-0.25, -0.2) is 8.42 Å². The molecule has 1 N–H and O–H groups in total. The molecule has 0 aliphatic carbocycles. The second-order valence-electron chi connectivity index (χ2n) is 6.99. The average Bonchev–Trinajstić information content (AvgIpc) is 3.21. The summed E-state index contributed by atoms with van der Waals surface area (Å²) in [5.74, 6) is 0.921. The fraction of sp³-hybridized carbons (Fsp3) is 0.286. The molecule has 2 aliphatic rings. The average molecular weight is 414 g/mol. The first-order chi connectivity index (χ1) is 14.0.